The lowest BCUT2D eigenvalue weighted by Crippen LogP contribution is -2.49. The minimum Gasteiger partial charge on any atom is -0.502 e. The number of nitrogens with zero attached hydrogens (tertiary/aromatic N) is 7. The molecule has 2 aliphatic carbocycles. The first-order chi connectivity index (χ1) is 32.6. The van der Waals surface area contributed by atoms with Gasteiger partial charge in [-0.15, -0.1) is 11.3 Å². The summed E-state index contributed by atoms with van der Waals surface area (Å²) < 4.78 is 13.5. The van der Waals surface area contributed by atoms with Gasteiger partial charge in [0.05, 0.1) is 59.3 Å². The molecule has 16 heteroatoms. The van der Waals surface area contributed by atoms with E-state index in [2.05, 4.69) is 10.2 Å². The van der Waals surface area contributed by atoms with Crippen LogP contribution in [0.3, 0.4) is 0 Å². The minimum atomic E-state index is -1.30. The van der Waals surface area contributed by atoms with Gasteiger partial charge in [-0.25, -0.2) is 4.90 Å². The number of methoxy groups -OCH3 is 2. The standard InChI is InChI=1S/C52H48ClN7O7S/c1-27-36-24-29(53)9-21-43(36)68-47(27)40-26-44(58(5)56-40)60-49(63)39-25-37-34(38(52(39,2)51(60)65)20-8-28-22-41(66-6)46(61)42(23-28)67-7)18-19-35-45(37)50(64)59(48(35)62)33-16-12-31(13-17-33)55-54-30-10-14-32(15-11-30)57(3)4/h8-18,20-24,26,35,37-39,45,61H,19,25H2,1-7H3/t35-,37+,38-,39-,45-,52-/m0/s1. The summed E-state index contributed by atoms with van der Waals surface area (Å²) in [6, 6.07) is 25.3. The molecular weight excluding hydrogens is 902 g/mol. The van der Waals surface area contributed by atoms with Gasteiger partial charge in [0.2, 0.25) is 29.4 Å². The number of aromatic hydroxyl groups is 1. The van der Waals surface area contributed by atoms with Gasteiger partial charge in [0.25, 0.3) is 0 Å². The number of hydrogen-bond acceptors (Lipinski definition) is 12. The summed E-state index contributed by atoms with van der Waals surface area (Å²) in [4.78, 5) is 65.0. The van der Waals surface area contributed by atoms with Gasteiger partial charge in [0, 0.05) is 48.5 Å². The highest BCUT2D eigenvalue weighted by Gasteiger charge is 2.67. The maximum Gasteiger partial charge on any atom is 0.242 e. The average molecular weight is 951 g/mol. The predicted molar refractivity (Wildman–Crippen MR) is 263 cm³/mol. The summed E-state index contributed by atoms with van der Waals surface area (Å²) in [6.07, 6.45) is 6.17. The van der Waals surface area contributed by atoms with Gasteiger partial charge >= 0.3 is 0 Å². The molecule has 346 valence electrons. The van der Waals surface area contributed by atoms with E-state index >= 15 is 9.59 Å². The Hall–Kier alpha value is -7.10. The van der Waals surface area contributed by atoms with Gasteiger partial charge < -0.3 is 19.5 Å². The number of carbonyl (C=O) groups is 4. The number of allylic oxidation sites excluding steroid dienone is 3. The molecule has 6 atom stereocenters. The van der Waals surface area contributed by atoms with Crippen LogP contribution in [-0.4, -0.2) is 66.8 Å². The number of thiophene rings is 1. The number of rotatable bonds is 10. The van der Waals surface area contributed by atoms with Crippen molar-refractivity contribution in [2.75, 3.05) is 43.0 Å². The lowest BCUT2D eigenvalue weighted by molar-refractivity contribution is -0.132. The number of benzene rings is 4. The molecule has 68 heavy (non-hydrogen) atoms. The number of phenols is 1. The zero-order valence-electron chi connectivity index (χ0n) is 38.4. The average Bonchev–Trinajstić information content (AvgIpc) is 4.01. The number of imide groups is 2. The van der Waals surface area contributed by atoms with Gasteiger partial charge in [0.1, 0.15) is 11.5 Å². The van der Waals surface area contributed by atoms with Crippen LogP contribution >= 0.6 is 22.9 Å². The smallest absolute Gasteiger partial charge is 0.242 e. The Morgan fingerprint density at radius 3 is 2.18 bits per heavy atom. The molecule has 1 saturated carbocycles. The van der Waals surface area contributed by atoms with E-state index in [9.17, 15) is 14.7 Å². The molecule has 0 spiro atoms. The summed E-state index contributed by atoms with van der Waals surface area (Å²) >= 11 is 7.92. The molecular formula is C52H48ClN7O7S. The lowest BCUT2D eigenvalue weighted by atomic mass is 9.52. The molecule has 0 bridgehead atoms. The lowest BCUT2D eigenvalue weighted by Gasteiger charge is -2.47. The molecule has 3 fully saturated rings. The van der Waals surface area contributed by atoms with Crippen LogP contribution in [0.4, 0.5) is 28.6 Å². The quantitative estimate of drug-likeness (QED) is 0.0801. The SMILES string of the molecule is COc1cc(C=C[C@H]2C3=CC[C@@H]4C(=O)N(c5ccc(N=Nc6ccc(N(C)C)cc6)cc5)C(=O)[C@@H]4[C@@H]3C[C@H]3C(=O)N(c4cc(-c5sc6ccc(Cl)cc6c5C)nn4C)C(=O)[C@@]23C)cc(OC)c1O. The number of carbonyl (C=O) groups excluding carboxylic acids is 4. The van der Waals surface area contributed by atoms with Crippen LogP contribution in [0.5, 0.6) is 17.2 Å². The summed E-state index contributed by atoms with van der Waals surface area (Å²) in [7, 11) is 8.53. The molecule has 2 aliphatic heterocycles. The highest BCUT2D eigenvalue weighted by molar-refractivity contribution is 7.22. The van der Waals surface area contributed by atoms with E-state index in [1.807, 2.05) is 93.5 Å². The largest absolute Gasteiger partial charge is 0.502 e. The molecule has 1 N–H and O–H groups in total. The van der Waals surface area contributed by atoms with Crippen LogP contribution in [0.15, 0.2) is 113 Å². The van der Waals surface area contributed by atoms with E-state index < -0.39 is 46.8 Å². The second kappa shape index (κ2) is 16.9. The third kappa shape index (κ3) is 7.09. The van der Waals surface area contributed by atoms with Gasteiger partial charge in [-0.3, -0.25) is 28.8 Å². The van der Waals surface area contributed by atoms with Crippen LogP contribution in [0.1, 0.15) is 30.9 Å². The molecule has 2 aromatic heterocycles. The van der Waals surface area contributed by atoms with Gasteiger partial charge in [-0.2, -0.15) is 15.3 Å². The van der Waals surface area contributed by atoms with E-state index in [0.717, 1.165) is 31.8 Å². The Labute approximate surface area is 401 Å². The topological polar surface area (TPSA) is 159 Å². The summed E-state index contributed by atoms with van der Waals surface area (Å²) in [6.45, 7) is 3.83. The van der Waals surface area contributed by atoms with Crippen molar-refractivity contribution in [1.82, 2.24) is 9.78 Å². The normalized spacial score (nSPS) is 23.5. The molecule has 10 rings (SSSR count). The third-order valence-corrected chi connectivity index (χ3v) is 15.8. The maximum atomic E-state index is 15.3. The number of azo groups is 1. The fourth-order valence-corrected chi connectivity index (χ4v) is 12.0. The van der Waals surface area contributed by atoms with E-state index in [-0.39, 0.29) is 41.9 Å². The molecule has 0 unspecified atom stereocenters. The summed E-state index contributed by atoms with van der Waals surface area (Å²) in [5, 5.41) is 25.9. The Kier molecular flexibility index (Phi) is 11.1. The van der Waals surface area contributed by atoms with E-state index in [1.165, 1.54) is 24.0 Å². The molecule has 0 radical (unpaired) electrons. The van der Waals surface area contributed by atoms with Crippen LogP contribution in [0.2, 0.25) is 5.02 Å². The number of aryl methyl sites for hydroxylation is 2. The van der Waals surface area contributed by atoms with Crippen LogP contribution in [0, 0.1) is 41.9 Å². The number of aromatic nitrogens is 2. The number of hydrogen-bond donors (Lipinski definition) is 1. The van der Waals surface area contributed by atoms with Crippen molar-refractivity contribution in [1.29, 1.82) is 0 Å². The second-order valence-corrected chi connectivity index (χ2v) is 19.7. The van der Waals surface area contributed by atoms with E-state index in [0.29, 0.717) is 39.2 Å². The van der Waals surface area contributed by atoms with Crippen LogP contribution in [0.25, 0.3) is 26.7 Å². The van der Waals surface area contributed by atoms with Gasteiger partial charge in [-0.05, 0) is 128 Å². The Morgan fingerprint density at radius 2 is 1.53 bits per heavy atom. The third-order valence-electron chi connectivity index (χ3n) is 14.3. The highest BCUT2D eigenvalue weighted by Crippen LogP contribution is 2.61. The Morgan fingerprint density at radius 1 is 0.868 bits per heavy atom. The Balaban J connectivity index is 1.00. The Bertz CT molecular complexity index is 3150. The zero-order valence-corrected chi connectivity index (χ0v) is 40.0. The van der Waals surface area contributed by atoms with E-state index in [4.69, 9.17) is 26.2 Å². The first kappa shape index (κ1) is 44.7. The fourth-order valence-electron chi connectivity index (χ4n) is 10.7. The highest BCUT2D eigenvalue weighted by atomic mass is 35.5. The predicted octanol–water partition coefficient (Wildman–Crippen LogP) is 10.4. The van der Waals surface area contributed by atoms with Crippen molar-refractivity contribution in [3.8, 4) is 27.8 Å². The van der Waals surface area contributed by atoms with Crippen molar-refractivity contribution in [2.45, 2.75) is 26.7 Å². The second-order valence-electron chi connectivity index (χ2n) is 18.2. The number of halogens is 1. The summed E-state index contributed by atoms with van der Waals surface area (Å²) in [5.41, 5.74) is 4.43. The number of ether oxygens (including phenoxy) is 2. The molecule has 4 amide bonds. The molecule has 2 saturated heterocycles. The molecule has 14 nitrogen and oxygen atoms in total. The van der Waals surface area contributed by atoms with Crippen molar-refractivity contribution in [3.63, 3.8) is 0 Å². The van der Waals surface area contributed by atoms with Gasteiger partial charge in [0.15, 0.2) is 11.5 Å². The van der Waals surface area contributed by atoms with Crippen molar-refractivity contribution in [2.24, 2.45) is 52.3 Å². The number of phenolic OH excluding ortho intramolecular Hbond substituents is 1. The monoisotopic (exact) mass is 949 g/mol. The molecule has 4 aromatic carbocycles. The number of fused-ring (bicyclic) bond motifs is 5. The van der Waals surface area contributed by atoms with Crippen LogP contribution in [-0.2, 0) is 26.2 Å². The maximum absolute atomic E-state index is 15.3. The zero-order chi connectivity index (χ0) is 47.9. The van der Waals surface area contributed by atoms with Crippen molar-refractivity contribution in [3.05, 3.63) is 119 Å². The van der Waals surface area contributed by atoms with Crippen LogP contribution < -0.4 is 24.2 Å². The minimum absolute atomic E-state index is 0.158. The fraction of sp³-hybridized carbons (Fsp3) is 0.288. The first-order valence-electron chi connectivity index (χ1n) is 22.2. The van der Waals surface area contributed by atoms with E-state index in [1.54, 1.807) is 65.5 Å². The number of amides is 4. The molecule has 4 aliphatic rings. The van der Waals surface area contributed by atoms with Crippen molar-refractivity contribution < 1.29 is 33.8 Å². The number of anilines is 3. The summed E-state index contributed by atoms with van der Waals surface area (Å²) in [5.74, 6) is -4.41. The first-order valence-corrected chi connectivity index (χ1v) is 23.4. The van der Waals surface area contributed by atoms with Gasteiger partial charge in [-0.1, -0.05) is 35.4 Å². The molecule has 4 heterocycles. The molecule has 6 aromatic rings. The van der Waals surface area contributed by atoms with Crippen molar-refractivity contribution >= 4 is 91.3 Å².